The number of ether oxygens (including phenoxy) is 1. The standard InChI is InChI=1S/C12H8Cl2F3N3O/c13-7-5-8(14)11(19-10(7)20-18)21-9-4-2-1-3-6(9)12(15,16)17/h1-5H,18H2,(H,19,20). The molecule has 1 aromatic carbocycles. The quantitative estimate of drug-likeness (QED) is 0.640. The highest BCUT2D eigenvalue weighted by Gasteiger charge is 2.34. The number of para-hydroxylation sites is 1. The zero-order chi connectivity index (χ0) is 15.6. The number of nitrogen functional groups attached to an aromatic ring is 1. The predicted molar refractivity (Wildman–Crippen MR) is 73.6 cm³/mol. The second-order valence-corrected chi connectivity index (χ2v) is 4.66. The third-order valence-corrected chi connectivity index (χ3v) is 2.99. The maximum Gasteiger partial charge on any atom is 0.419 e. The molecule has 0 saturated heterocycles. The lowest BCUT2D eigenvalue weighted by molar-refractivity contribution is -0.138. The third-order valence-electron chi connectivity index (χ3n) is 2.43. The van der Waals surface area contributed by atoms with Crippen LogP contribution in [0.25, 0.3) is 0 Å². The normalized spacial score (nSPS) is 11.3. The smallest absolute Gasteiger partial charge is 0.419 e. The molecule has 2 aromatic rings. The number of pyridine rings is 1. The molecule has 0 saturated carbocycles. The summed E-state index contributed by atoms with van der Waals surface area (Å²) in [5.74, 6) is 4.54. The summed E-state index contributed by atoms with van der Waals surface area (Å²) in [6, 6.07) is 5.96. The molecular weight excluding hydrogens is 330 g/mol. The van der Waals surface area contributed by atoms with Gasteiger partial charge in [-0.15, -0.1) is 0 Å². The zero-order valence-corrected chi connectivity index (χ0v) is 11.7. The summed E-state index contributed by atoms with van der Waals surface area (Å²) in [6.07, 6.45) is -4.57. The average molecular weight is 338 g/mol. The van der Waals surface area contributed by atoms with Gasteiger partial charge in [-0.05, 0) is 18.2 Å². The molecule has 0 amide bonds. The molecule has 1 aromatic heterocycles. The first-order valence-electron chi connectivity index (χ1n) is 5.49. The van der Waals surface area contributed by atoms with Gasteiger partial charge in [-0.1, -0.05) is 35.3 Å². The summed E-state index contributed by atoms with van der Waals surface area (Å²) in [4.78, 5) is 3.82. The molecule has 0 aliphatic carbocycles. The first-order valence-corrected chi connectivity index (χ1v) is 6.25. The van der Waals surface area contributed by atoms with Crippen LogP contribution in [-0.4, -0.2) is 4.98 Å². The third kappa shape index (κ3) is 3.49. The van der Waals surface area contributed by atoms with E-state index in [-0.39, 0.29) is 21.7 Å². The van der Waals surface area contributed by atoms with Crippen molar-refractivity contribution in [2.45, 2.75) is 6.18 Å². The molecule has 2 rings (SSSR count). The fourth-order valence-electron chi connectivity index (χ4n) is 1.52. The lowest BCUT2D eigenvalue weighted by Crippen LogP contribution is -2.10. The van der Waals surface area contributed by atoms with Crippen LogP contribution in [0.5, 0.6) is 11.6 Å². The van der Waals surface area contributed by atoms with E-state index in [4.69, 9.17) is 33.8 Å². The van der Waals surface area contributed by atoms with Crippen LogP contribution in [0.3, 0.4) is 0 Å². The molecule has 0 unspecified atom stereocenters. The molecule has 0 bridgehead atoms. The maximum absolute atomic E-state index is 12.9. The number of hydrogen-bond donors (Lipinski definition) is 2. The summed E-state index contributed by atoms with van der Waals surface area (Å²) in [7, 11) is 0. The van der Waals surface area contributed by atoms with Crippen molar-refractivity contribution in [3.05, 3.63) is 45.9 Å². The van der Waals surface area contributed by atoms with Crippen molar-refractivity contribution < 1.29 is 17.9 Å². The lowest BCUT2D eigenvalue weighted by Gasteiger charge is -2.14. The number of halogens is 5. The van der Waals surface area contributed by atoms with Crippen LogP contribution < -0.4 is 16.0 Å². The van der Waals surface area contributed by atoms with Gasteiger partial charge in [0.15, 0.2) is 5.82 Å². The van der Waals surface area contributed by atoms with E-state index in [2.05, 4.69) is 10.4 Å². The van der Waals surface area contributed by atoms with Crippen LogP contribution in [0.1, 0.15) is 5.56 Å². The molecule has 21 heavy (non-hydrogen) atoms. The zero-order valence-electron chi connectivity index (χ0n) is 10.2. The molecule has 0 aliphatic rings. The van der Waals surface area contributed by atoms with E-state index < -0.39 is 17.5 Å². The number of hydrazine groups is 1. The van der Waals surface area contributed by atoms with Crippen LogP contribution in [0, 0.1) is 0 Å². The number of hydrogen-bond acceptors (Lipinski definition) is 4. The van der Waals surface area contributed by atoms with Crippen LogP contribution in [0.2, 0.25) is 10.0 Å². The highest BCUT2D eigenvalue weighted by atomic mass is 35.5. The minimum absolute atomic E-state index is 0.0283. The van der Waals surface area contributed by atoms with Crippen LogP contribution in [0.15, 0.2) is 30.3 Å². The summed E-state index contributed by atoms with van der Waals surface area (Å²) in [5, 5.41) is 0.0648. The van der Waals surface area contributed by atoms with Crippen molar-refractivity contribution in [1.82, 2.24) is 4.98 Å². The van der Waals surface area contributed by atoms with E-state index in [1.54, 1.807) is 0 Å². The van der Waals surface area contributed by atoms with E-state index in [1.165, 1.54) is 18.2 Å². The number of alkyl halides is 3. The molecule has 0 fully saturated rings. The van der Waals surface area contributed by atoms with Crippen molar-refractivity contribution in [2.24, 2.45) is 5.84 Å². The number of nitrogens with two attached hydrogens (primary N) is 1. The SMILES string of the molecule is NNc1nc(Oc2ccccc2C(F)(F)F)c(Cl)cc1Cl. The summed E-state index contributed by atoms with van der Waals surface area (Å²) in [6.45, 7) is 0. The Morgan fingerprint density at radius 3 is 2.43 bits per heavy atom. The van der Waals surface area contributed by atoms with Gasteiger partial charge >= 0.3 is 6.18 Å². The molecule has 0 radical (unpaired) electrons. The molecule has 112 valence electrons. The number of nitrogens with one attached hydrogen (secondary N) is 1. The van der Waals surface area contributed by atoms with Gasteiger partial charge in [0.25, 0.3) is 0 Å². The molecule has 1 heterocycles. The van der Waals surface area contributed by atoms with Gasteiger partial charge in [0, 0.05) is 0 Å². The molecule has 4 nitrogen and oxygen atoms in total. The Bertz CT molecular complexity index is 665. The number of anilines is 1. The van der Waals surface area contributed by atoms with Crippen molar-refractivity contribution in [1.29, 1.82) is 0 Å². The van der Waals surface area contributed by atoms with E-state index in [1.807, 2.05) is 0 Å². The highest BCUT2D eigenvalue weighted by molar-refractivity contribution is 6.36. The predicted octanol–water partition coefficient (Wildman–Crippen LogP) is 4.49. The second kappa shape index (κ2) is 5.97. The molecule has 9 heteroatoms. The summed E-state index contributed by atoms with van der Waals surface area (Å²) in [5.41, 5.74) is 1.25. The van der Waals surface area contributed by atoms with Crippen molar-refractivity contribution in [2.75, 3.05) is 5.43 Å². The highest BCUT2D eigenvalue weighted by Crippen LogP contribution is 2.39. The Labute approximate surface area is 127 Å². The van der Waals surface area contributed by atoms with E-state index in [0.717, 1.165) is 12.1 Å². The van der Waals surface area contributed by atoms with Gasteiger partial charge < -0.3 is 10.2 Å². The fourth-order valence-corrected chi connectivity index (χ4v) is 1.97. The van der Waals surface area contributed by atoms with E-state index >= 15 is 0 Å². The van der Waals surface area contributed by atoms with Gasteiger partial charge in [0.2, 0.25) is 5.88 Å². The molecule has 0 aliphatic heterocycles. The summed E-state index contributed by atoms with van der Waals surface area (Å²) >= 11 is 11.6. The average Bonchev–Trinajstić information content (AvgIpc) is 2.41. The monoisotopic (exact) mass is 337 g/mol. The second-order valence-electron chi connectivity index (χ2n) is 3.85. The van der Waals surface area contributed by atoms with Crippen LogP contribution in [0.4, 0.5) is 19.0 Å². The van der Waals surface area contributed by atoms with Crippen LogP contribution >= 0.6 is 23.2 Å². The van der Waals surface area contributed by atoms with E-state index in [0.29, 0.717) is 0 Å². The number of benzene rings is 1. The Hall–Kier alpha value is -1.70. The van der Waals surface area contributed by atoms with Crippen molar-refractivity contribution >= 4 is 29.0 Å². The fraction of sp³-hybridized carbons (Fsp3) is 0.0833. The number of aromatic nitrogens is 1. The molecule has 3 N–H and O–H groups in total. The first kappa shape index (κ1) is 15.7. The van der Waals surface area contributed by atoms with E-state index in [9.17, 15) is 13.2 Å². The van der Waals surface area contributed by atoms with Gasteiger partial charge in [-0.25, -0.2) is 5.84 Å². The molecular formula is C12H8Cl2F3N3O. The number of nitrogens with zero attached hydrogens (tertiary/aromatic N) is 1. The van der Waals surface area contributed by atoms with Gasteiger partial charge in [0.1, 0.15) is 10.8 Å². The minimum atomic E-state index is -4.57. The maximum atomic E-state index is 12.9. The Morgan fingerprint density at radius 2 is 1.81 bits per heavy atom. The van der Waals surface area contributed by atoms with Crippen molar-refractivity contribution in [3.8, 4) is 11.6 Å². The lowest BCUT2D eigenvalue weighted by atomic mass is 10.2. The van der Waals surface area contributed by atoms with Gasteiger partial charge in [0.05, 0.1) is 10.6 Å². The summed E-state index contributed by atoms with van der Waals surface area (Å²) < 4.78 is 43.8. The molecule has 0 spiro atoms. The molecule has 0 atom stereocenters. The van der Waals surface area contributed by atoms with Gasteiger partial charge in [-0.2, -0.15) is 18.2 Å². The van der Waals surface area contributed by atoms with Gasteiger partial charge in [-0.3, -0.25) is 0 Å². The Morgan fingerprint density at radius 1 is 1.14 bits per heavy atom. The van der Waals surface area contributed by atoms with Crippen molar-refractivity contribution in [3.63, 3.8) is 0 Å². The Balaban J connectivity index is 2.44. The topological polar surface area (TPSA) is 60.2 Å². The largest absolute Gasteiger partial charge is 0.437 e. The number of rotatable bonds is 3. The Kier molecular flexibility index (Phi) is 4.46. The first-order chi connectivity index (χ1) is 9.82. The van der Waals surface area contributed by atoms with Crippen LogP contribution in [-0.2, 0) is 6.18 Å². The minimum Gasteiger partial charge on any atom is -0.437 e.